The average Bonchev–Trinajstić information content (AvgIpc) is 3.18. The molecule has 4 aromatic rings. The third-order valence-electron chi connectivity index (χ3n) is 5.14. The minimum atomic E-state index is -0.707. The number of ether oxygens (including phenoxy) is 1. The van der Waals surface area contributed by atoms with E-state index in [0.29, 0.717) is 17.9 Å². The number of nitrogens with one attached hydrogen (secondary N) is 1. The van der Waals surface area contributed by atoms with E-state index in [9.17, 15) is 15.0 Å². The fourth-order valence-electron chi connectivity index (χ4n) is 3.49. The molecule has 31 heavy (non-hydrogen) atoms. The smallest absolute Gasteiger partial charge is 0.238 e. The van der Waals surface area contributed by atoms with E-state index in [4.69, 9.17) is 9.15 Å². The summed E-state index contributed by atoms with van der Waals surface area (Å²) in [5.74, 6) is -0.507. The van der Waals surface area contributed by atoms with Gasteiger partial charge in [-0.1, -0.05) is 12.1 Å². The van der Waals surface area contributed by atoms with E-state index in [1.807, 2.05) is 25.3 Å². The number of benzene rings is 2. The van der Waals surface area contributed by atoms with Crippen LogP contribution in [0.3, 0.4) is 0 Å². The first-order valence-electron chi connectivity index (χ1n) is 9.86. The topological polar surface area (TPSA) is 110 Å². The molecule has 0 bridgehead atoms. The Morgan fingerprint density at radius 2 is 2.03 bits per heavy atom. The van der Waals surface area contributed by atoms with Crippen molar-refractivity contribution in [1.82, 2.24) is 9.55 Å². The van der Waals surface area contributed by atoms with Crippen LogP contribution >= 0.6 is 0 Å². The second-order valence-electron chi connectivity index (χ2n) is 7.18. The molecule has 2 aromatic heterocycles. The van der Waals surface area contributed by atoms with Crippen LogP contribution in [0.5, 0.6) is 17.2 Å². The van der Waals surface area contributed by atoms with Gasteiger partial charge in [0, 0.05) is 48.4 Å². The van der Waals surface area contributed by atoms with Crippen molar-refractivity contribution in [1.29, 1.82) is 0 Å². The zero-order chi connectivity index (χ0) is 22.0. The number of methoxy groups -OCH3 is 1. The van der Waals surface area contributed by atoms with Crippen molar-refractivity contribution in [3.63, 3.8) is 0 Å². The van der Waals surface area contributed by atoms with Gasteiger partial charge in [0.25, 0.3) is 0 Å². The first kappa shape index (κ1) is 20.3. The van der Waals surface area contributed by atoms with E-state index >= 15 is 0 Å². The van der Waals surface area contributed by atoms with Crippen molar-refractivity contribution in [2.75, 3.05) is 19.0 Å². The normalized spacial score (nSPS) is 11.0. The van der Waals surface area contributed by atoms with Gasteiger partial charge in [-0.25, -0.2) is 4.98 Å². The van der Waals surface area contributed by atoms with Crippen molar-refractivity contribution in [3.8, 4) is 28.6 Å². The Bertz CT molecular complexity index is 1290. The van der Waals surface area contributed by atoms with Crippen LogP contribution in [0.4, 0.5) is 5.69 Å². The lowest BCUT2D eigenvalue weighted by molar-refractivity contribution is 0.406. The molecule has 0 saturated carbocycles. The van der Waals surface area contributed by atoms with E-state index in [1.165, 1.54) is 19.2 Å². The van der Waals surface area contributed by atoms with Crippen molar-refractivity contribution in [2.45, 2.75) is 19.9 Å². The molecule has 0 atom stereocenters. The highest BCUT2D eigenvalue weighted by Crippen LogP contribution is 2.37. The van der Waals surface area contributed by atoms with Gasteiger partial charge < -0.3 is 29.3 Å². The lowest BCUT2D eigenvalue weighted by Gasteiger charge is -2.14. The summed E-state index contributed by atoms with van der Waals surface area (Å²) >= 11 is 0. The zero-order valence-corrected chi connectivity index (χ0v) is 17.3. The van der Waals surface area contributed by atoms with Gasteiger partial charge in [0.1, 0.15) is 22.5 Å². The largest absolute Gasteiger partial charge is 0.507 e. The third kappa shape index (κ3) is 3.92. The quantitative estimate of drug-likeness (QED) is 0.388. The maximum Gasteiger partial charge on any atom is 0.238 e. The Kier molecular flexibility index (Phi) is 5.53. The number of aryl methyl sites for hydroxylation is 2. The van der Waals surface area contributed by atoms with Crippen LogP contribution in [0.2, 0.25) is 0 Å². The van der Waals surface area contributed by atoms with E-state index in [2.05, 4.69) is 14.9 Å². The van der Waals surface area contributed by atoms with Crippen molar-refractivity contribution >= 4 is 16.7 Å². The van der Waals surface area contributed by atoms with Crippen molar-refractivity contribution < 1.29 is 19.4 Å². The number of aromatic nitrogens is 2. The summed E-state index contributed by atoms with van der Waals surface area (Å²) < 4.78 is 13.1. The van der Waals surface area contributed by atoms with Gasteiger partial charge in [0.05, 0.1) is 13.4 Å². The average molecular weight is 421 g/mol. The van der Waals surface area contributed by atoms with Crippen LogP contribution in [-0.2, 0) is 6.54 Å². The van der Waals surface area contributed by atoms with E-state index in [1.54, 1.807) is 18.5 Å². The second kappa shape index (κ2) is 8.43. The zero-order valence-electron chi connectivity index (χ0n) is 17.3. The minimum Gasteiger partial charge on any atom is -0.507 e. The predicted octanol–water partition coefficient (Wildman–Crippen LogP) is 3.89. The number of phenolic OH excluding ortho intramolecular Hbond substituents is 1. The van der Waals surface area contributed by atoms with E-state index in [-0.39, 0.29) is 22.5 Å². The highest BCUT2D eigenvalue weighted by molar-refractivity contribution is 5.89. The SMILES string of the molecule is COc1cc(O)c2c(=O)c(O)c(-c3ccccc3NCCCn3cncc3C)oc2c1. The molecule has 0 spiro atoms. The van der Waals surface area contributed by atoms with Crippen LogP contribution in [0, 0.1) is 6.92 Å². The molecular formula is C23H23N3O5. The molecule has 8 nitrogen and oxygen atoms in total. The summed E-state index contributed by atoms with van der Waals surface area (Å²) in [6, 6.07) is 10.1. The number of hydrogen-bond donors (Lipinski definition) is 3. The van der Waals surface area contributed by atoms with Crippen LogP contribution in [0.15, 0.2) is 58.1 Å². The van der Waals surface area contributed by atoms with Gasteiger partial charge in [-0.15, -0.1) is 0 Å². The monoisotopic (exact) mass is 421 g/mol. The predicted molar refractivity (Wildman–Crippen MR) is 118 cm³/mol. The molecular weight excluding hydrogens is 398 g/mol. The number of nitrogens with zero attached hydrogens (tertiary/aromatic N) is 2. The fourth-order valence-corrected chi connectivity index (χ4v) is 3.49. The summed E-state index contributed by atoms with van der Waals surface area (Å²) in [7, 11) is 1.45. The molecule has 0 aliphatic rings. The maximum atomic E-state index is 12.7. The highest BCUT2D eigenvalue weighted by atomic mass is 16.5. The summed E-state index contributed by atoms with van der Waals surface area (Å²) in [5.41, 5.74) is 1.78. The molecule has 3 N–H and O–H groups in total. The lowest BCUT2D eigenvalue weighted by Crippen LogP contribution is -2.08. The number of aromatic hydroxyl groups is 2. The Hall–Kier alpha value is -3.94. The molecule has 0 radical (unpaired) electrons. The molecule has 0 amide bonds. The van der Waals surface area contributed by atoms with Crippen molar-refractivity contribution in [3.05, 3.63) is 64.8 Å². The Morgan fingerprint density at radius 1 is 1.23 bits per heavy atom. The van der Waals surface area contributed by atoms with Crippen molar-refractivity contribution in [2.24, 2.45) is 0 Å². The van der Waals surface area contributed by atoms with E-state index in [0.717, 1.165) is 24.3 Å². The van der Waals surface area contributed by atoms with Crippen LogP contribution in [0.25, 0.3) is 22.3 Å². The summed E-state index contributed by atoms with van der Waals surface area (Å²) in [6.07, 6.45) is 4.47. The van der Waals surface area contributed by atoms with Gasteiger partial charge in [0.2, 0.25) is 11.2 Å². The summed E-state index contributed by atoms with van der Waals surface area (Å²) in [6.45, 7) is 3.49. The van der Waals surface area contributed by atoms with Crippen LogP contribution in [0.1, 0.15) is 12.1 Å². The van der Waals surface area contributed by atoms with Gasteiger partial charge >= 0.3 is 0 Å². The fraction of sp³-hybridized carbons (Fsp3) is 0.217. The number of anilines is 1. The Morgan fingerprint density at radius 3 is 2.77 bits per heavy atom. The molecule has 4 rings (SSSR count). The number of fused-ring (bicyclic) bond motifs is 1. The number of rotatable bonds is 7. The molecule has 2 heterocycles. The molecule has 0 aliphatic heterocycles. The molecule has 160 valence electrons. The number of hydrogen-bond acceptors (Lipinski definition) is 7. The molecule has 0 saturated heterocycles. The van der Waals surface area contributed by atoms with Crippen LogP contribution < -0.4 is 15.5 Å². The first-order valence-corrected chi connectivity index (χ1v) is 9.86. The standard InChI is InChI=1S/C23H23N3O5/c1-14-12-24-13-26(14)9-5-8-25-17-7-4-3-6-16(17)23-22(29)21(28)20-18(27)10-15(30-2)11-19(20)31-23/h3-4,6-7,10-13,25,27,29H,5,8-9H2,1-2H3. The lowest BCUT2D eigenvalue weighted by atomic mass is 10.1. The van der Waals surface area contributed by atoms with Gasteiger partial charge in [-0.2, -0.15) is 0 Å². The number of para-hydroxylation sites is 1. The van der Waals surface area contributed by atoms with Crippen LogP contribution in [-0.4, -0.2) is 33.4 Å². The number of phenols is 1. The highest BCUT2D eigenvalue weighted by Gasteiger charge is 2.20. The molecule has 0 aliphatic carbocycles. The minimum absolute atomic E-state index is 0.0266. The summed E-state index contributed by atoms with van der Waals surface area (Å²) in [5, 5.41) is 24.0. The van der Waals surface area contributed by atoms with Gasteiger partial charge in [-0.05, 0) is 25.5 Å². The summed E-state index contributed by atoms with van der Waals surface area (Å²) in [4.78, 5) is 16.9. The number of imidazole rings is 1. The third-order valence-corrected chi connectivity index (χ3v) is 5.14. The van der Waals surface area contributed by atoms with E-state index < -0.39 is 11.2 Å². The molecule has 2 aromatic carbocycles. The molecule has 0 fully saturated rings. The first-order chi connectivity index (χ1) is 15.0. The van der Waals surface area contributed by atoms with Gasteiger partial charge in [0.15, 0.2) is 5.76 Å². The Balaban J connectivity index is 1.66. The Labute approximate surface area is 178 Å². The molecule has 0 unspecified atom stereocenters. The second-order valence-corrected chi connectivity index (χ2v) is 7.18. The molecule has 8 heteroatoms. The maximum absolute atomic E-state index is 12.7. The van der Waals surface area contributed by atoms with Gasteiger partial charge in [-0.3, -0.25) is 4.79 Å².